The fourth-order valence-corrected chi connectivity index (χ4v) is 4.03. The third-order valence-corrected chi connectivity index (χ3v) is 6.64. The van der Waals surface area contributed by atoms with E-state index in [2.05, 4.69) is 5.32 Å². The van der Waals surface area contributed by atoms with Crippen molar-refractivity contribution in [2.45, 2.75) is 38.5 Å². The van der Waals surface area contributed by atoms with Gasteiger partial charge in [-0.1, -0.05) is 23.2 Å². The van der Waals surface area contributed by atoms with Crippen LogP contribution < -0.4 is 5.32 Å². The van der Waals surface area contributed by atoms with Gasteiger partial charge in [0, 0.05) is 32.3 Å². The Labute approximate surface area is 187 Å². The predicted molar refractivity (Wildman–Crippen MR) is 115 cm³/mol. The second-order valence-corrected chi connectivity index (χ2v) is 9.26. The van der Waals surface area contributed by atoms with Crippen molar-refractivity contribution in [2.24, 2.45) is 0 Å². The molecule has 2 atom stereocenters. The number of carboxylic acid groups (broad SMARTS) is 1. The van der Waals surface area contributed by atoms with Crippen molar-refractivity contribution in [3.63, 3.8) is 0 Å². The molecule has 156 valence electrons. The number of halogens is 3. The van der Waals surface area contributed by atoms with E-state index in [1.165, 1.54) is 13.2 Å². The van der Waals surface area contributed by atoms with E-state index in [1.54, 1.807) is 25.7 Å². The number of aromatic carboxylic acids is 1. The molecule has 1 heterocycles. The molecular formula is C18H23Cl2IN2O5. The normalized spacial score (nSPS) is 18.7. The maximum absolute atomic E-state index is 12.4. The molecule has 0 spiro atoms. The lowest BCUT2D eigenvalue weighted by Gasteiger charge is -2.38. The van der Waals surface area contributed by atoms with Gasteiger partial charge in [0.05, 0.1) is 25.2 Å². The minimum atomic E-state index is -1.16. The Bertz CT molecular complexity index is 769. The Balaban J connectivity index is 2.37. The fraction of sp³-hybridized carbons (Fsp3) is 0.556. The number of rotatable bonds is 4. The number of carboxylic acids is 1. The molecule has 1 unspecified atom stereocenters. The summed E-state index contributed by atoms with van der Waals surface area (Å²) in [6.45, 7) is 6.67. The monoisotopic (exact) mass is 544 g/mol. The number of hydrogen-bond acceptors (Lipinski definition) is 5. The molecule has 0 saturated carbocycles. The van der Waals surface area contributed by atoms with Crippen LogP contribution in [0.3, 0.4) is 0 Å². The number of piperazine rings is 1. The number of amides is 1. The highest BCUT2D eigenvalue weighted by Gasteiger charge is 2.36. The Morgan fingerprint density at radius 1 is 1.39 bits per heavy atom. The van der Waals surface area contributed by atoms with Crippen molar-refractivity contribution < 1.29 is 24.2 Å². The van der Waals surface area contributed by atoms with E-state index in [-0.39, 0.29) is 28.2 Å². The summed E-state index contributed by atoms with van der Waals surface area (Å²) >= 11 is 14.5. The number of methoxy groups -OCH3 is 1. The molecule has 1 aliphatic heterocycles. The van der Waals surface area contributed by atoms with Gasteiger partial charge < -0.3 is 24.8 Å². The maximum atomic E-state index is 12.4. The van der Waals surface area contributed by atoms with Crippen LogP contribution in [0.4, 0.5) is 4.79 Å². The molecule has 0 aromatic heterocycles. The van der Waals surface area contributed by atoms with Gasteiger partial charge in [-0.05, 0) is 49.4 Å². The number of benzene rings is 1. The number of hydrogen-bond donors (Lipinski definition) is 2. The number of carbonyl (C=O) groups is 2. The van der Waals surface area contributed by atoms with E-state index in [9.17, 15) is 14.7 Å². The van der Waals surface area contributed by atoms with Crippen LogP contribution in [0.5, 0.6) is 0 Å². The average Bonchev–Trinajstić information content (AvgIpc) is 2.60. The SMILES string of the molecule is COC(c1c(C(=O)O)cc(Cl)c(I)c1Cl)[C@@H]1CN(C(=O)OC(C)(C)C)CCN1. The first kappa shape index (κ1) is 23.5. The molecule has 1 aromatic rings. The molecular weight excluding hydrogens is 522 g/mol. The molecule has 28 heavy (non-hydrogen) atoms. The molecule has 1 aliphatic rings. The maximum Gasteiger partial charge on any atom is 0.410 e. The zero-order valence-corrected chi connectivity index (χ0v) is 19.7. The quantitative estimate of drug-likeness (QED) is 0.436. The van der Waals surface area contributed by atoms with Crippen LogP contribution in [0.1, 0.15) is 42.8 Å². The average molecular weight is 545 g/mol. The molecule has 10 heteroatoms. The molecule has 1 aromatic carbocycles. The second-order valence-electron chi connectivity index (χ2n) is 7.40. The third kappa shape index (κ3) is 5.41. The van der Waals surface area contributed by atoms with Gasteiger partial charge in [0.25, 0.3) is 0 Å². The van der Waals surface area contributed by atoms with E-state index in [1.807, 2.05) is 22.6 Å². The van der Waals surface area contributed by atoms with Gasteiger partial charge in [0.15, 0.2) is 0 Å². The molecule has 1 amide bonds. The van der Waals surface area contributed by atoms with E-state index in [4.69, 9.17) is 32.7 Å². The van der Waals surface area contributed by atoms with E-state index in [0.29, 0.717) is 22.2 Å². The van der Waals surface area contributed by atoms with E-state index >= 15 is 0 Å². The summed E-state index contributed by atoms with van der Waals surface area (Å²) in [6.07, 6.45) is -1.13. The second kappa shape index (κ2) is 9.34. The Hall–Kier alpha value is -0.810. The summed E-state index contributed by atoms with van der Waals surface area (Å²) in [7, 11) is 1.47. The largest absolute Gasteiger partial charge is 0.478 e. The minimum absolute atomic E-state index is 0.0292. The number of nitrogens with one attached hydrogen (secondary N) is 1. The standard InChI is InChI=1S/C18H23Cl2IN2O5/c1-18(2,3)28-17(26)23-6-5-22-11(8-23)15(27-4)12-9(16(24)25)7-10(19)14(21)13(12)20/h7,11,15,22H,5-6,8H2,1-4H3,(H,24,25)/t11-,15?/m0/s1. The lowest BCUT2D eigenvalue weighted by molar-refractivity contribution is 0.00335. The highest BCUT2D eigenvalue weighted by atomic mass is 127. The van der Waals surface area contributed by atoms with Crippen molar-refractivity contribution >= 4 is 57.9 Å². The molecule has 2 rings (SSSR count). The summed E-state index contributed by atoms with van der Waals surface area (Å²) in [4.78, 5) is 25.8. The van der Waals surface area contributed by atoms with Crippen LogP contribution in [0.25, 0.3) is 0 Å². The Kier molecular flexibility index (Phi) is 7.83. The van der Waals surface area contributed by atoms with Crippen LogP contribution in [-0.4, -0.2) is 60.5 Å². The highest BCUT2D eigenvalue weighted by molar-refractivity contribution is 14.1. The van der Waals surface area contributed by atoms with Crippen LogP contribution in [0, 0.1) is 3.57 Å². The van der Waals surface area contributed by atoms with Crippen LogP contribution in [0.15, 0.2) is 6.07 Å². The van der Waals surface area contributed by atoms with Gasteiger partial charge in [-0.3, -0.25) is 0 Å². The van der Waals surface area contributed by atoms with Gasteiger partial charge in [-0.2, -0.15) is 0 Å². The summed E-state index contributed by atoms with van der Waals surface area (Å²) in [5.74, 6) is -1.16. The van der Waals surface area contributed by atoms with Crippen LogP contribution in [-0.2, 0) is 9.47 Å². The summed E-state index contributed by atoms with van der Waals surface area (Å²) < 4.78 is 11.6. The molecule has 0 radical (unpaired) electrons. The predicted octanol–water partition coefficient (Wildman–Crippen LogP) is 4.19. The number of carbonyl (C=O) groups excluding carboxylic acids is 1. The zero-order chi connectivity index (χ0) is 21.2. The lowest BCUT2D eigenvalue weighted by Crippen LogP contribution is -2.56. The molecule has 7 nitrogen and oxygen atoms in total. The molecule has 2 N–H and O–H groups in total. The topological polar surface area (TPSA) is 88.1 Å². The molecule has 0 bridgehead atoms. The van der Waals surface area contributed by atoms with Gasteiger partial charge in [-0.25, -0.2) is 9.59 Å². The first-order valence-corrected chi connectivity index (χ1v) is 10.4. The third-order valence-electron chi connectivity index (χ3n) is 4.19. The van der Waals surface area contributed by atoms with Crippen LogP contribution in [0.2, 0.25) is 10.0 Å². The van der Waals surface area contributed by atoms with Gasteiger partial charge >= 0.3 is 12.1 Å². The summed E-state index contributed by atoms with van der Waals surface area (Å²) in [5.41, 5.74) is -0.308. The Morgan fingerprint density at radius 2 is 2.04 bits per heavy atom. The minimum Gasteiger partial charge on any atom is -0.478 e. The zero-order valence-electron chi connectivity index (χ0n) is 16.0. The van der Waals surface area contributed by atoms with Crippen molar-refractivity contribution in [3.8, 4) is 0 Å². The first-order chi connectivity index (χ1) is 13.0. The summed E-state index contributed by atoms with van der Waals surface area (Å²) in [5, 5.41) is 13.4. The first-order valence-electron chi connectivity index (χ1n) is 8.61. The smallest absolute Gasteiger partial charge is 0.410 e. The van der Waals surface area contributed by atoms with Gasteiger partial charge in [-0.15, -0.1) is 0 Å². The molecule has 0 aliphatic carbocycles. The fourth-order valence-electron chi connectivity index (χ4n) is 3.02. The number of ether oxygens (including phenoxy) is 2. The van der Waals surface area contributed by atoms with E-state index in [0.717, 1.165) is 0 Å². The Morgan fingerprint density at radius 3 is 2.57 bits per heavy atom. The lowest BCUT2D eigenvalue weighted by atomic mass is 9.95. The van der Waals surface area contributed by atoms with E-state index < -0.39 is 23.8 Å². The number of nitrogens with zero attached hydrogens (tertiary/aromatic N) is 1. The van der Waals surface area contributed by atoms with Gasteiger partial charge in [0.1, 0.15) is 11.7 Å². The van der Waals surface area contributed by atoms with Crippen molar-refractivity contribution in [1.82, 2.24) is 10.2 Å². The van der Waals surface area contributed by atoms with Crippen molar-refractivity contribution in [2.75, 3.05) is 26.7 Å². The van der Waals surface area contributed by atoms with Crippen molar-refractivity contribution in [1.29, 1.82) is 0 Å². The highest BCUT2D eigenvalue weighted by Crippen LogP contribution is 2.38. The molecule has 1 saturated heterocycles. The summed E-state index contributed by atoms with van der Waals surface area (Å²) in [6, 6.07) is 0.992. The van der Waals surface area contributed by atoms with Crippen molar-refractivity contribution in [3.05, 3.63) is 30.8 Å². The van der Waals surface area contributed by atoms with Crippen LogP contribution >= 0.6 is 45.8 Å². The molecule has 1 fully saturated rings. The van der Waals surface area contributed by atoms with Gasteiger partial charge in [0.2, 0.25) is 0 Å².